The number of alkyl halides is 3. The van der Waals surface area contributed by atoms with Gasteiger partial charge in [-0.2, -0.15) is 13.2 Å². The highest BCUT2D eigenvalue weighted by Gasteiger charge is 2.38. The maximum atomic E-state index is 13.1. The normalized spacial score (nSPS) is 22.0. The molecule has 0 aromatic heterocycles. The van der Waals surface area contributed by atoms with Crippen LogP contribution in [0.1, 0.15) is 29.3 Å². The molecule has 2 atom stereocenters. The molecule has 1 amide bonds. The monoisotopic (exact) mass is 349 g/mol. The highest BCUT2D eigenvalue weighted by molar-refractivity contribution is 6.30. The van der Waals surface area contributed by atoms with Crippen molar-refractivity contribution in [1.82, 2.24) is 4.90 Å². The third kappa shape index (κ3) is 3.96. The van der Waals surface area contributed by atoms with Gasteiger partial charge in [0.25, 0.3) is 5.91 Å². The minimum atomic E-state index is -4.72. The molecule has 0 bridgehead atoms. The summed E-state index contributed by atoms with van der Waals surface area (Å²) in [6.07, 6.45) is -4.32. The first kappa shape index (κ1) is 17.6. The van der Waals surface area contributed by atoms with Crippen molar-refractivity contribution in [2.45, 2.75) is 19.5 Å². The Morgan fingerprint density at radius 2 is 1.96 bits per heavy atom. The van der Waals surface area contributed by atoms with Gasteiger partial charge >= 0.3 is 12.1 Å². The molecule has 23 heavy (non-hydrogen) atoms. The smallest absolute Gasteiger partial charge is 0.417 e. The van der Waals surface area contributed by atoms with Gasteiger partial charge < -0.3 is 10.0 Å². The number of amides is 1. The molecule has 0 spiro atoms. The Morgan fingerprint density at radius 1 is 1.30 bits per heavy atom. The number of hydrogen-bond acceptors (Lipinski definition) is 2. The highest BCUT2D eigenvalue weighted by atomic mass is 35.5. The zero-order valence-electron chi connectivity index (χ0n) is 12.2. The fraction of sp³-hybridized carbons (Fsp3) is 0.467. The average molecular weight is 350 g/mol. The van der Waals surface area contributed by atoms with Gasteiger partial charge in [-0.15, -0.1) is 0 Å². The number of likely N-dealkylation sites (tertiary alicyclic amines) is 1. The number of rotatable bonds is 2. The number of benzene rings is 1. The molecule has 1 aliphatic rings. The number of carbonyl (C=O) groups is 2. The molecule has 1 saturated heterocycles. The zero-order valence-corrected chi connectivity index (χ0v) is 13.0. The number of halogens is 4. The lowest BCUT2D eigenvalue weighted by molar-refractivity contribution is -0.144. The summed E-state index contributed by atoms with van der Waals surface area (Å²) in [5, 5.41) is 8.99. The molecule has 8 heteroatoms. The highest BCUT2D eigenvalue weighted by Crippen LogP contribution is 2.35. The second-order valence-electron chi connectivity index (χ2n) is 5.77. The molecule has 126 valence electrons. The molecule has 1 fully saturated rings. The molecule has 2 unspecified atom stereocenters. The minimum absolute atomic E-state index is 0.0988. The average Bonchev–Trinajstić information content (AvgIpc) is 2.44. The molecule has 2 rings (SSSR count). The lowest BCUT2D eigenvalue weighted by Crippen LogP contribution is -2.46. The van der Waals surface area contributed by atoms with Crippen LogP contribution in [0.15, 0.2) is 18.2 Å². The molecular weight excluding hydrogens is 335 g/mol. The quantitative estimate of drug-likeness (QED) is 0.888. The van der Waals surface area contributed by atoms with E-state index in [2.05, 4.69) is 0 Å². The first-order chi connectivity index (χ1) is 10.6. The maximum absolute atomic E-state index is 13.1. The number of carbonyl (C=O) groups excluding carboxylic acids is 1. The van der Waals surface area contributed by atoms with Crippen molar-refractivity contribution in [2.75, 3.05) is 13.1 Å². The van der Waals surface area contributed by atoms with Gasteiger partial charge in [0, 0.05) is 18.1 Å². The maximum Gasteiger partial charge on any atom is 0.417 e. The Balaban J connectivity index is 2.35. The first-order valence-electron chi connectivity index (χ1n) is 6.98. The summed E-state index contributed by atoms with van der Waals surface area (Å²) in [6.45, 7) is 1.89. The van der Waals surface area contributed by atoms with Gasteiger partial charge in [-0.25, -0.2) is 0 Å². The first-order valence-corrected chi connectivity index (χ1v) is 7.36. The predicted molar refractivity (Wildman–Crippen MR) is 77.3 cm³/mol. The molecule has 1 aliphatic heterocycles. The second kappa shape index (κ2) is 6.39. The number of hydrogen-bond donors (Lipinski definition) is 1. The lowest BCUT2D eigenvalue weighted by Gasteiger charge is -2.35. The summed E-state index contributed by atoms with van der Waals surface area (Å²) < 4.78 is 39.3. The number of carboxylic acid groups (broad SMARTS) is 1. The van der Waals surface area contributed by atoms with Crippen molar-refractivity contribution in [3.8, 4) is 0 Å². The van der Waals surface area contributed by atoms with Crippen LogP contribution in [0, 0.1) is 11.8 Å². The van der Waals surface area contributed by atoms with Crippen LogP contribution in [-0.2, 0) is 11.0 Å². The van der Waals surface area contributed by atoms with Crippen molar-refractivity contribution in [2.24, 2.45) is 11.8 Å². The fourth-order valence-corrected chi connectivity index (χ4v) is 2.98. The van der Waals surface area contributed by atoms with Gasteiger partial charge in [-0.3, -0.25) is 9.59 Å². The second-order valence-corrected chi connectivity index (χ2v) is 6.21. The van der Waals surface area contributed by atoms with E-state index in [4.69, 9.17) is 16.7 Å². The Kier molecular flexibility index (Phi) is 4.89. The van der Waals surface area contributed by atoms with Gasteiger partial charge in [-0.05, 0) is 30.5 Å². The van der Waals surface area contributed by atoms with E-state index < -0.39 is 35.1 Å². The number of carboxylic acids is 1. The Bertz CT molecular complexity index is 633. The van der Waals surface area contributed by atoms with E-state index >= 15 is 0 Å². The van der Waals surface area contributed by atoms with Crippen LogP contribution in [0.2, 0.25) is 5.02 Å². The van der Waals surface area contributed by atoms with E-state index in [1.54, 1.807) is 6.92 Å². The van der Waals surface area contributed by atoms with E-state index in [1.807, 2.05) is 0 Å². The Labute approximate surface area is 135 Å². The molecule has 0 saturated carbocycles. The van der Waals surface area contributed by atoms with Crippen molar-refractivity contribution < 1.29 is 27.9 Å². The van der Waals surface area contributed by atoms with Crippen molar-refractivity contribution in [1.29, 1.82) is 0 Å². The van der Waals surface area contributed by atoms with Crippen LogP contribution in [-0.4, -0.2) is 35.0 Å². The van der Waals surface area contributed by atoms with E-state index in [-0.39, 0.29) is 24.0 Å². The van der Waals surface area contributed by atoms with Crippen LogP contribution >= 0.6 is 11.6 Å². The largest absolute Gasteiger partial charge is 0.481 e. The molecule has 1 aromatic carbocycles. The van der Waals surface area contributed by atoms with E-state index in [0.29, 0.717) is 12.5 Å². The summed E-state index contributed by atoms with van der Waals surface area (Å²) in [5.74, 6) is -2.76. The molecule has 1 heterocycles. The summed E-state index contributed by atoms with van der Waals surface area (Å²) in [4.78, 5) is 24.8. The number of aliphatic carboxylic acids is 1. The van der Waals surface area contributed by atoms with Gasteiger partial charge in [0.15, 0.2) is 0 Å². The predicted octanol–water partition coefficient (Wildman–Crippen LogP) is 3.54. The molecular formula is C15H15ClF3NO3. The van der Waals surface area contributed by atoms with Crippen LogP contribution in [0.25, 0.3) is 0 Å². The number of nitrogens with zero attached hydrogens (tertiary/aromatic N) is 1. The lowest BCUT2D eigenvalue weighted by atomic mass is 9.90. The van der Waals surface area contributed by atoms with Gasteiger partial charge in [-0.1, -0.05) is 18.5 Å². The number of piperidine rings is 1. The van der Waals surface area contributed by atoms with Crippen LogP contribution in [0.4, 0.5) is 13.2 Å². The Morgan fingerprint density at radius 3 is 2.52 bits per heavy atom. The van der Waals surface area contributed by atoms with Gasteiger partial charge in [0.05, 0.1) is 17.0 Å². The minimum Gasteiger partial charge on any atom is -0.481 e. The summed E-state index contributed by atoms with van der Waals surface area (Å²) in [7, 11) is 0. The third-order valence-corrected chi connectivity index (χ3v) is 4.05. The molecule has 0 aliphatic carbocycles. The molecule has 0 radical (unpaired) electrons. The van der Waals surface area contributed by atoms with E-state index in [1.165, 1.54) is 11.0 Å². The van der Waals surface area contributed by atoms with Crippen molar-refractivity contribution >= 4 is 23.5 Å². The van der Waals surface area contributed by atoms with Crippen LogP contribution in [0.5, 0.6) is 0 Å². The summed E-state index contributed by atoms with van der Waals surface area (Å²) >= 11 is 5.60. The SMILES string of the molecule is CC1CC(C(=O)O)CN(C(=O)c2ccc(Cl)cc2C(F)(F)F)C1. The molecule has 4 nitrogen and oxygen atoms in total. The van der Waals surface area contributed by atoms with Crippen LogP contribution < -0.4 is 0 Å². The summed E-state index contributed by atoms with van der Waals surface area (Å²) in [5.41, 5.74) is -1.62. The topological polar surface area (TPSA) is 57.6 Å². The Hall–Kier alpha value is -1.76. The summed E-state index contributed by atoms with van der Waals surface area (Å²) in [6, 6.07) is 2.95. The molecule has 1 aromatic rings. The standard InChI is InChI=1S/C15H15ClF3NO3/c1-8-4-9(14(22)23)7-20(6-8)13(21)11-3-2-10(16)5-12(11)15(17,18)19/h2-3,5,8-9H,4,6-7H2,1H3,(H,22,23). The third-order valence-electron chi connectivity index (χ3n) is 3.81. The zero-order chi connectivity index (χ0) is 17.4. The van der Waals surface area contributed by atoms with Crippen molar-refractivity contribution in [3.05, 3.63) is 34.3 Å². The van der Waals surface area contributed by atoms with Crippen LogP contribution in [0.3, 0.4) is 0 Å². The van der Waals surface area contributed by atoms with Gasteiger partial charge in [0.2, 0.25) is 0 Å². The van der Waals surface area contributed by atoms with Gasteiger partial charge in [0.1, 0.15) is 0 Å². The molecule has 1 N–H and O–H groups in total. The van der Waals surface area contributed by atoms with Crippen molar-refractivity contribution in [3.63, 3.8) is 0 Å². The van der Waals surface area contributed by atoms with E-state index in [9.17, 15) is 22.8 Å². The fourth-order valence-electron chi connectivity index (χ4n) is 2.80. The van der Waals surface area contributed by atoms with E-state index in [0.717, 1.165) is 6.07 Å².